The van der Waals surface area contributed by atoms with Gasteiger partial charge in [-0.05, 0) is 12.3 Å². The van der Waals surface area contributed by atoms with Gasteiger partial charge in [-0.15, -0.1) is 48.0 Å². The van der Waals surface area contributed by atoms with Crippen molar-refractivity contribution in [3.8, 4) is 0 Å². The van der Waals surface area contributed by atoms with E-state index in [4.69, 9.17) is 4.89 Å². The van der Waals surface area contributed by atoms with Gasteiger partial charge in [0.05, 0.1) is 0 Å². The molecule has 0 spiro atoms. The van der Waals surface area contributed by atoms with Gasteiger partial charge in [0.25, 0.3) is 0 Å². The van der Waals surface area contributed by atoms with Gasteiger partial charge in [0, 0.05) is 28.3 Å². The topological polar surface area (TPSA) is 20.2 Å². The van der Waals surface area contributed by atoms with Crippen molar-refractivity contribution in [2.45, 2.75) is 13.8 Å². The smallest absolute Gasteiger partial charge is 0.0245 e. The predicted molar refractivity (Wildman–Crippen MR) is 61.1 cm³/mol. The van der Waals surface area contributed by atoms with E-state index in [-0.39, 0.29) is 68.1 Å². The summed E-state index contributed by atoms with van der Waals surface area (Å²) < 4.78 is 0. The molecule has 1 nitrogen and oxygen atoms in total. The van der Waals surface area contributed by atoms with Crippen LogP contribution in [-0.4, -0.2) is 17.2 Å². The van der Waals surface area contributed by atoms with Crippen LogP contribution in [0.15, 0.2) is 0 Å². The van der Waals surface area contributed by atoms with Crippen LogP contribution >= 0.6 is 56.1 Å². The Bertz CT molecular complexity index is 37.7. The van der Waals surface area contributed by atoms with Crippen molar-refractivity contribution in [1.29, 1.82) is 0 Å². The van der Waals surface area contributed by atoms with E-state index in [1.54, 1.807) is 0 Å². The van der Waals surface area contributed by atoms with Crippen molar-refractivity contribution >= 4 is 56.1 Å². The zero-order valence-corrected chi connectivity index (χ0v) is 13.4. The maximum Gasteiger partial charge on any atom is 0.0245 e. The molecule has 0 heterocycles. The molecular formula is C4H13I2IrOP. The van der Waals surface area contributed by atoms with E-state index in [0.29, 0.717) is 0 Å². The summed E-state index contributed by atoms with van der Waals surface area (Å²) >= 11 is 0. The van der Waals surface area contributed by atoms with Gasteiger partial charge in [-0.25, -0.2) is 0 Å². The Labute approximate surface area is 106 Å². The summed E-state index contributed by atoms with van der Waals surface area (Å²) in [7, 11) is -0.576. The monoisotopic (exact) mass is 555 g/mol. The molecule has 0 atom stereocenters. The number of halogens is 2. The molecule has 1 radical (unpaired) electrons. The first-order chi connectivity index (χ1) is 2.81. The standard InChI is InChI=1S/C4H11OP.2HI.Ir/c1-3-6(5)4-2;;;/h5H,3-4H2,1-2H3;2*1H;. The van der Waals surface area contributed by atoms with Crippen molar-refractivity contribution in [2.75, 3.05) is 12.3 Å². The number of hydrogen-bond acceptors (Lipinski definition) is 1. The van der Waals surface area contributed by atoms with E-state index >= 15 is 0 Å². The molecule has 0 aliphatic heterocycles. The molecule has 1 N–H and O–H groups in total. The Hall–Kier alpha value is 2.50. The SMILES string of the molecule is CCP(O)CC.I.I.[Ir]. The third-order valence-corrected chi connectivity index (χ3v) is 2.19. The van der Waals surface area contributed by atoms with Crippen LogP contribution in [-0.2, 0) is 20.1 Å². The van der Waals surface area contributed by atoms with Crippen molar-refractivity contribution in [3.05, 3.63) is 0 Å². The van der Waals surface area contributed by atoms with E-state index in [1.165, 1.54) is 0 Å². The molecule has 5 heteroatoms. The average molecular weight is 554 g/mol. The van der Waals surface area contributed by atoms with Gasteiger partial charge in [0.1, 0.15) is 0 Å². The van der Waals surface area contributed by atoms with Crippen molar-refractivity contribution in [2.24, 2.45) is 0 Å². The van der Waals surface area contributed by atoms with Crippen molar-refractivity contribution < 1.29 is 25.0 Å². The van der Waals surface area contributed by atoms with Crippen LogP contribution in [0.2, 0.25) is 0 Å². The van der Waals surface area contributed by atoms with Gasteiger partial charge in [0.2, 0.25) is 0 Å². The fourth-order valence-electron chi connectivity index (χ4n) is 0.224. The molecule has 0 fully saturated rings. The van der Waals surface area contributed by atoms with E-state index < -0.39 is 8.15 Å². The zero-order valence-electron chi connectivity index (χ0n) is 5.46. The molecule has 0 bridgehead atoms. The normalized spacial score (nSPS) is 6.67. The van der Waals surface area contributed by atoms with Gasteiger partial charge < -0.3 is 4.89 Å². The Kier molecular flexibility index (Phi) is 42.2. The first-order valence-corrected chi connectivity index (χ1v) is 3.91. The van der Waals surface area contributed by atoms with Crippen LogP contribution in [0.3, 0.4) is 0 Å². The van der Waals surface area contributed by atoms with E-state index in [2.05, 4.69) is 0 Å². The van der Waals surface area contributed by atoms with Crippen LogP contribution in [0.1, 0.15) is 13.8 Å². The van der Waals surface area contributed by atoms with Crippen LogP contribution in [0, 0.1) is 0 Å². The van der Waals surface area contributed by atoms with Crippen molar-refractivity contribution in [1.82, 2.24) is 0 Å². The van der Waals surface area contributed by atoms with Gasteiger partial charge in [-0.2, -0.15) is 0 Å². The molecule has 0 aliphatic carbocycles. The van der Waals surface area contributed by atoms with Crippen LogP contribution < -0.4 is 0 Å². The van der Waals surface area contributed by atoms with E-state index in [1.807, 2.05) is 13.8 Å². The molecule has 0 aromatic carbocycles. The van der Waals surface area contributed by atoms with Gasteiger partial charge in [0.15, 0.2) is 0 Å². The quantitative estimate of drug-likeness (QED) is 0.412. The Morgan fingerprint density at radius 1 is 1.11 bits per heavy atom. The van der Waals surface area contributed by atoms with Gasteiger partial charge in [-0.1, -0.05) is 13.8 Å². The largest absolute Gasteiger partial charge is 0.374 e. The summed E-state index contributed by atoms with van der Waals surface area (Å²) in [6, 6.07) is 0. The van der Waals surface area contributed by atoms with Crippen molar-refractivity contribution in [3.63, 3.8) is 0 Å². The summed E-state index contributed by atoms with van der Waals surface area (Å²) in [6.45, 7) is 4.02. The van der Waals surface area contributed by atoms with Crippen LogP contribution in [0.25, 0.3) is 0 Å². The summed E-state index contributed by atoms with van der Waals surface area (Å²) in [5.74, 6) is 0. The summed E-state index contributed by atoms with van der Waals surface area (Å²) in [4.78, 5) is 8.73. The molecule has 0 amide bonds. The Morgan fingerprint density at radius 3 is 1.33 bits per heavy atom. The summed E-state index contributed by atoms with van der Waals surface area (Å²) in [5, 5.41) is 0. The molecule has 0 unspecified atom stereocenters. The molecule has 0 saturated carbocycles. The number of rotatable bonds is 2. The third kappa shape index (κ3) is 18.0. The maximum absolute atomic E-state index is 8.73. The molecule has 0 saturated heterocycles. The molecule has 0 aliphatic rings. The summed E-state index contributed by atoms with van der Waals surface area (Å²) in [5.41, 5.74) is 0. The van der Waals surface area contributed by atoms with Gasteiger partial charge in [-0.3, -0.25) is 0 Å². The van der Waals surface area contributed by atoms with E-state index in [0.717, 1.165) is 12.3 Å². The average Bonchev–Trinajstić information content (AvgIpc) is 1.65. The predicted octanol–water partition coefficient (Wildman–Crippen LogP) is 2.65. The van der Waals surface area contributed by atoms with Gasteiger partial charge >= 0.3 is 0 Å². The molecule has 0 aromatic rings. The first-order valence-electron chi connectivity index (χ1n) is 2.25. The first kappa shape index (κ1) is 22.5. The second kappa shape index (κ2) is 16.8. The Balaban J connectivity index is -0.0000000417. The zero-order chi connectivity index (χ0) is 4.99. The second-order valence-electron chi connectivity index (χ2n) is 1.14. The second-order valence-corrected chi connectivity index (χ2v) is 3.42. The molecule has 0 aromatic heterocycles. The third-order valence-electron chi connectivity index (χ3n) is 0.730. The fourth-order valence-corrected chi connectivity index (χ4v) is 0.671. The molecular weight excluding hydrogens is 541 g/mol. The molecule has 0 rings (SSSR count). The summed E-state index contributed by atoms with van der Waals surface area (Å²) in [6.07, 6.45) is 1.90. The minimum absolute atomic E-state index is 0. The molecule has 63 valence electrons. The minimum Gasteiger partial charge on any atom is -0.374 e. The van der Waals surface area contributed by atoms with Crippen LogP contribution in [0.5, 0.6) is 0 Å². The van der Waals surface area contributed by atoms with Crippen LogP contribution in [0.4, 0.5) is 0 Å². The minimum atomic E-state index is -0.576. The van der Waals surface area contributed by atoms with E-state index in [9.17, 15) is 0 Å². The Morgan fingerprint density at radius 2 is 1.33 bits per heavy atom. The number of hydrogen-bond donors (Lipinski definition) is 1. The maximum atomic E-state index is 8.73. The molecule has 9 heavy (non-hydrogen) atoms. The fraction of sp³-hybridized carbons (Fsp3) is 1.00.